The standard InChI is InChI=1S/C10H11BrO3/c1-6-2-3-7(4-8(6)11)5-9(12)10(13)14/h2-4,9,12H,5H2,1H3,(H,13,14). The summed E-state index contributed by atoms with van der Waals surface area (Å²) in [6.07, 6.45) is -1.20. The fourth-order valence-corrected chi connectivity index (χ4v) is 1.50. The number of carbonyl (C=O) groups is 1. The minimum Gasteiger partial charge on any atom is -0.479 e. The van der Waals surface area contributed by atoms with Gasteiger partial charge in [-0.25, -0.2) is 4.79 Å². The minimum atomic E-state index is -1.33. The Hall–Kier alpha value is -0.870. The summed E-state index contributed by atoms with van der Waals surface area (Å²) < 4.78 is 0.924. The molecule has 0 aliphatic carbocycles. The van der Waals surface area contributed by atoms with Gasteiger partial charge in [0.05, 0.1) is 0 Å². The molecular formula is C10H11BrO3. The van der Waals surface area contributed by atoms with Crippen LogP contribution < -0.4 is 0 Å². The maximum absolute atomic E-state index is 10.4. The molecule has 0 aliphatic heterocycles. The second-order valence-corrected chi connectivity index (χ2v) is 4.00. The van der Waals surface area contributed by atoms with Gasteiger partial charge in [-0.1, -0.05) is 28.1 Å². The number of aliphatic carboxylic acids is 1. The number of aliphatic hydroxyl groups excluding tert-OH is 1. The largest absolute Gasteiger partial charge is 0.479 e. The zero-order valence-corrected chi connectivity index (χ0v) is 9.28. The van der Waals surface area contributed by atoms with Crippen LogP contribution in [0.3, 0.4) is 0 Å². The Morgan fingerprint density at radius 2 is 2.21 bits per heavy atom. The van der Waals surface area contributed by atoms with Crippen molar-refractivity contribution in [1.29, 1.82) is 0 Å². The minimum absolute atomic E-state index is 0.133. The van der Waals surface area contributed by atoms with Crippen LogP contribution in [0.4, 0.5) is 0 Å². The summed E-state index contributed by atoms with van der Waals surface area (Å²) in [7, 11) is 0. The first-order valence-corrected chi connectivity index (χ1v) is 4.96. The van der Waals surface area contributed by atoms with Gasteiger partial charge in [-0.3, -0.25) is 0 Å². The SMILES string of the molecule is Cc1ccc(CC(O)C(=O)O)cc1Br. The van der Waals surface area contributed by atoms with E-state index in [0.29, 0.717) is 0 Å². The molecule has 2 N–H and O–H groups in total. The maximum Gasteiger partial charge on any atom is 0.332 e. The third kappa shape index (κ3) is 2.82. The van der Waals surface area contributed by atoms with E-state index in [1.807, 2.05) is 25.1 Å². The molecular weight excluding hydrogens is 248 g/mol. The fourth-order valence-electron chi connectivity index (χ4n) is 1.07. The molecule has 0 heterocycles. The summed E-state index contributed by atoms with van der Waals surface area (Å²) in [5, 5.41) is 17.6. The molecule has 0 fully saturated rings. The third-order valence-electron chi connectivity index (χ3n) is 1.95. The fraction of sp³-hybridized carbons (Fsp3) is 0.300. The van der Waals surface area contributed by atoms with Crippen LogP contribution in [0, 0.1) is 6.92 Å². The molecule has 0 saturated carbocycles. The number of benzene rings is 1. The number of hydrogen-bond acceptors (Lipinski definition) is 2. The normalized spacial score (nSPS) is 12.5. The molecule has 3 nitrogen and oxygen atoms in total. The van der Waals surface area contributed by atoms with Crippen molar-refractivity contribution < 1.29 is 15.0 Å². The van der Waals surface area contributed by atoms with Crippen molar-refractivity contribution >= 4 is 21.9 Å². The van der Waals surface area contributed by atoms with Gasteiger partial charge < -0.3 is 10.2 Å². The molecule has 0 saturated heterocycles. The van der Waals surface area contributed by atoms with E-state index in [-0.39, 0.29) is 6.42 Å². The van der Waals surface area contributed by atoms with Gasteiger partial charge in [0.15, 0.2) is 6.10 Å². The summed E-state index contributed by atoms with van der Waals surface area (Å²) in [4.78, 5) is 10.4. The number of rotatable bonds is 3. The van der Waals surface area contributed by atoms with Gasteiger partial charge in [0.1, 0.15) is 0 Å². The highest BCUT2D eigenvalue weighted by Gasteiger charge is 2.13. The van der Waals surface area contributed by atoms with Crippen LogP contribution in [0.2, 0.25) is 0 Å². The lowest BCUT2D eigenvalue weighted by molar-refractivity contribution is -0.146. The predicted molar refractivity (Wildman–Crippen MR) is 56.2 cm³/mol. The van der Waals surface area contributed by atoms with Crippen molar-refractivity contribution in [2.45, 2.75) is 19.4 Å². The average Bonchev–Trinajstić information content (AvgIpc) is 2.11. The quantitative estimate of drug-likeness (QED) is 0.869. The molecule has 1 rings (SSSR count). The van der Waals surface area contributed by atoms with Crippen LogP contribution in [0.15, 0.2) is 22.7 Å². The van der Waals surface area contributed by atoms with Gasteiger partial charge >= 0.3 is 5.97 Å². The van der Waals surface area contributed by atoms with Crippen LogP contribution in [0.25, 0.3) is 0 Å². The smallest absolute Gasteiger partial charge is 0.332 e. The number of halogens is 1. The third-order valence-corrected chi connectivity index (χ3v) is 2.80. The monoisotopic (exact) mass is 258 g/mol. The lowest BCUT2D eigenvalue weighted by Gasteiger charge is -2.06. The second-order valence-electron chi connectivity index (χ2n) is 3.14. The number of hydrogen-bond donors (Lipinski definition) is 2. The zero-order valence-electron chi connectivity index (χ0n) is 7.70. The highest BCUT2D eigenvalue weighted by Crippen LogP contribution is 2.18. The summed E-state index contributed by atoms with van der Waals surface area (Å²) in [5.74, 6) is -1.19. The average molecular weight is 259 g/mol. The Bertz CT molecular complexity index is 349. The van der Waals surface area contributed by atoms with Crippen LogP contribution in [0.1, 0.15) is 11.1 Å². The van der Waals surface area contributed by atoms with Crippen molar-refractivity contribution in [2.24, 2.45) is 0 Å². The number of carboxylic acid groups (broad SMARTS) is 1. The highest BCUT2D eigenvalue weighted by molar-refractivity contribution is 9.10. The molecule has 76 valence electrons. The van der Waals surface area contributed by atoms with E-state index >= 15 is 0 Å². The van der Waals surface area contributed by atoms with Gasteiger partial charge in [-0.05, 0) is 24.1 Å². The van der Waals surface area contributed by atoms with Gasteiger partial charge in [0.2, 0.25) is 0 Å². The lowest BCUT2D eigenvalue weighted by Crippen LogP contribution is -2.21. The Kier molecular flexibility index (Phi) is 3.66. The second kappa shape index (κ2) is 4.57. The van der Waals surface area contributed by atoms with Crippen LogP contribution in [-0.4, -0.2) is 22.3 Å². The van der Waals surface area contributed by atoms with E-state index in [2.05, 4.69) is 15.9 Å². The summed E-state index contributed by atoms with van der Waals surface area (Å²) in [6, 6.07) is 5.52. The Balaban J connectivity index is 2.78. The molecule has 0 bridgehead atoms. The first-order chi connectivity index (χ1) is 6.50. The van der Waals surface area contributed by atoms with Crippen LogP contribution in [-0.2, 0) is 11.2 Å². The Morgan fingerprint density at radius 1 is 1.57 bits per heavy atom. The van der Waals surface area contributed by atoms with Gasteiger partial charge in [-0.15, -0.1) is 0 Å². The van der Waals surface area contributed by atoms with Crippen molar-refractivity contribution in [2.75, 3.05) is 0 Å². The molecule has 1 atom stereocenters. The van der Waals surface area contributed by atoms with E-state index in [4.69, 9.17) is 10.2 Å². The topological polar surface area (TPSA) is 57.5 Å². The molecule has 1 unspecified atom stereocenters. The summed E-state index contributed by atoms with van der Waals surface area (Å²) >= 11 is 3.34. The van der Waals surface area contributed by atoms with Gasteiger partial charge in [-0.2, -0.15) is 0 Å². The summed E-state index contributed by atoms with van der Waals surface area (Å²) in [6.45, 7) is 1.95. The number of aliphatic hydroxyl groups is 1. The Labute approximate surface area is 90.5 Å². The van der Waals surface area contributed by atoms with E-state index in [0.717, 1.165) is 15.6 Å². The van der Waals surface area contributed by atoms with Crippen LogP contribution in [0.5, 0.6) is 0 Å². The molecule has 0 amide bonds. The van der Waals surface area contributed by atoms with Crippen molar-refractivity contribution in [3.05, 3.63) is 33.8 Å². The van der Waals surface area contributed by atoms with Crippen molar-refractivity contribution in [3.63, 3.8) is 0 Å². The van der Waals surface area contributed by atoms with Crippen molar-refractivity contribution in [3.8, 4) is 0 Å². The van der Waals surface area contributed by atoms with Gasteiger partial charge in [0.25, 0.3) is 0 Å². The molecule has 14 heavy (non-hydrogen) atoms. The van der Waals surface area contributed by atoms with Crippen LogP contribution >= 0.6 is 15.9 Å². The van der Waals surface area contributed by atoms with E-state index in [9.17, 15) is 4.79 Å². The maximum atomic E-state index is 10.4. The van der Waals surface area contributed by atoms with E-state index in [1.54, 1.807) is 0 Å². The van der Waals surface area contributed by atoms with Gasteiger partial charge in [0, 0.05) is 10.9 Å². The zero-order chi connectivity index (χ0) is 10.7. The lowest BCUT2D eigenvalue weighted by atomic mass is 10.1. The summed E-state index contributed by atoms with van der Waals surface area (Å²) in [5.41, 5.74) is 1.89. The molecule has 1 aromatic carbocycles. The predicted octanol–water partition coefficient (Wildman–Crippen LogP) is 1.75. The molecule has 0 radical (unpaired) electrons. The molecule has 4 heteroatoms. The number of aryl methyl sites for hydroxylation is 1. The highest BCUT2D eigenvalue weighted by atomic mass is 79.9. The van der Waals surface area contributed by atoms with Crippen molar-refractivity contribution in [1.82, 2.24) is 0 Å². The molecule has 0 aliphatic rings. The van der Waals surface area contributed by atoms with E-state index < -0.39 is 12.1 Å². The first kappa shape index (κ1) is 11.2. The molecule has 0 aromatic heterocycles. The molecule has 1 aromatic rings. The first-order valence-electron chi connectivity index (χ1n) is 4.16. The number of carboxylic acids is 1. The Morgan fingerprint density at radius 3 is 2.71 bits per heavy atom. The molecule has 0 spiro atoms. The van der Waals surface area contributed by atoms with E-state index in [1.165, 1.54) is 0 Å².